The first-order valence-electron chi connectivity index (χ1n) is 7.05. The van der Waals surface area contributed by atoms with Crippen molar-refractivity contribution in [2.45, 2.75) is 33.5 Å². The summed E-state index contributed by atoms with van der Waals surface area (Å²) in [6, 6.07) is 0. The van der Waals surface area contributed by atoms with E-state index in [1.54, 1.807) is 11.9 Å². The molecular formula is C13H24BNO5Si. The van der Waals surface area contributed by atoms with Gasteiger partial charge in [0.05, 0.1) is 13.1 Å². The minimum Gasteiger partial charge on any atom is -0.548 e. The number of carbonyl (C=O) groups excluding carboxylic acids is 2. The van der Waals surface area contributed by atoms with Gasteiger partial charge in [0.1, 0.15) is 5.66 Å². The van der Waals surface area contributed by atoms with E-state index in [1.165, 1.54) is 0 Å². The maximum atomic E-state index is 11.8. The number of allylic oxidation sites excluding steroid dienone is 1. The Hall–Kier alpha value is -1.28. The fraction of sp³-hybridized carbons (Fsp3) is 0.692. The van der Waals surface area contributed by atoms with Gasteiger partial charge in [0.25, 0.3) is 0 Å². The SMILES string of the molecule is CC(C)/C=C(/O[Si](C)(C)C)B1OC(=O)CN(C)CC(=O)O1. The molecule has 1 heterocycles. The van der Waals surface area contributed by atoms with Crippen LogP contribution in [0.15, 0.2) is 11.7 Å². The molecule has 0 amide bonds. The summed E-state index contributed by atoms with van der Waals surface area (Å²) in [4.78, 5) is 25.1. The molecule has 1 rings (SSSR count). The molecule has 0 aromatic rings. The molecule has 0 unspecified atom stereocenters. The van der Waals surface area contributed by atoms with Gasteiger partial charge in [0, 0.05) is 0 Å². The van der Waals surface area contributed by atoms with Crippen LogP contribution in [0.1, 0.15) is 13.8 Å². The second kappa shape index (κ2) is 7.13. The Bertz CT molecular complexity index is 413. The summed E-state index contributed by atoms with van der Waals surface area (Å²) in [6.45, 7) is 10.1. The van der Waals surface area contributed by atoms with E-state index in [0.717, 1.165) is 0 Å². The van der Waals surface area contributed by atoms with Crippen LogP contribution in [0.4, 0.5) is 0 Å². The lowest BCUT2D eigenvalue weighted by Gasteiger charge is -2.27. The van der Waals surface area contributed by atoms with E-state index in [-0.39, 0.29) is 19.0 Å². The van der Waals surface area contributed by atoms with Crippen LogP contribution >= 0.6 is 0 Å². The van der Waals surface area contributed by atoms with Crippen LogP contribution < -0.4 is 0 Å². The summed E-state index contributed by atoms with van der Waals surface area (Å²) in [5, 5.41) is 0. The molecule has 1 aliphatic heterocycles. The van der Waals surface area contributed by atoms with Crippen molar-refractivity contribution in [3.05, 3.63) is 11.7 Å². The molecule has 0 atom stereocenters. The Morgan fingerprint density at radius 3 is 2.10 bits per heavy atom. The van der Waals surface area contributed by atoms with Crippen molar-refractivity contribution in [1.82, 2.24) is 4.90 Å². The molecule has 0 saturated carbocycles. The molecule has 21 heavy (non-hydrogen) atoms. The molecule has 0 N–H and O–H groups in total. The first kappa shape index (κ1) is 17.8. The third-order valence-electron chi connectivity index (χ3n) is 2.43. The van der Waals surface area contributed by atoms with Gasteiger partial charge in [0.2, 0.25) is 8.32 Å². The summed E-state index contributed by atoms with van der Waals surface area (Å²) in [5.74, 6) is -0.700. The van der Waals surface area contributed by atoms with Crippen molar-refractivity contribution >= 4 is 27.4 Å². The zero-order chi connectivity index (χ0) is 16.2. The molecule has 1 saturated heterocycles. The molecule has 0 bridgehead atoms. The molecular weight excluding hydrogens is 289 g/mol. The van der Waals surface area contributed by atoms with Gasteiger partial charge < -0.3 is 13.7 Å². The first-order chi connectivity index (χ1) is 9.56. The molecule has 1 aliphatic rings. The molecule has 1 fully saturated rings. The number of carbonyl (C=O) groups is 2. The maximum absolute atomic E-state index is 11.8. The number of rotatable bonds is 4. The third kappa shape index (κ3) is 6.81. The van der Waals surface area contributed by atoms with Gasteiger partial charge in [-0.05, 0) is 38.7 Å². The van der Waals surface area contributed by atoms with E-state index in [0.29, 0.717) is 5.66 Å². The fourth-order valence-corrected chi connectivity index (χ4v) is 2.66. The highest BCUT2D eigenvalue weighted by Gasteiger charge is 2.39. The Morgan fingerprint density at radius 2 is 1.71 bits per heavy atom. The molecule has 0 spiro atoms. The van der Waals surface area contributed by atoms with Crippen LogP contribution in [0.2, 0.25) is 19.6 Å². The van der Waals surface area contributed by atoms with Crippen LogP contribution in [-0.4, -0.2) is 52.4 Å². The lowest BCUT2D eigenvalue weighted by molar-refractivity contribution is -0.145. The number of hydrogen-bond donors (Lipinski definition) is 0. The minimum atomic E-state index is -1.92. The Kier molecular flexibility index (Phi) is 6.03. The topological polar surface area (TPSA) is 65.1 Å². The van der Waals surface area contributed by atoms with E-state index in [9.17, 15) is 9.59 Å². The smallest absolute Gasteiger partial charge is 0.548 e. The monoisotopic (exact) mass is 313 g/mol. The molecule has 6 nitrogen and oxygen atoms in total. The largest absolute Gasteiger partial charge is 0.671 e. The van der Waals surface area contributed by atoms with Gasteiger partial charge in [-0.15, -0.1) is 0 Å². The van der Waals surface area contributed by atoms with Crippen LogP contribution in [0.25, 0.3) is 0 Å². The predicted molar refractivity (Wildman–Crippen MR) is 82.8 cm³/mol. The highest BCUT2D eigenvalue weighted by molar-refractivity contribution is 6.71. The second-order valence-corrected chi connectivity index (χ2v) is 10.9. The zero-order valence-electron chi connectivity index (χ0n) is 13.6. The summed E-state index contributed by atoms with van der Waals surface area (Å²) in [7, 11) is -1.35. The first-order valence-corrected chi connectivity index (χ1v) is 10.5. The standard InChI is InChI=1S/C13H24BNO5Si/c1-10(2)7-11(20-21(4,5)6)14-18-12(16)8-15(3)9-13(17)19-14/h7,10H,8-9H2,1-6H3/b11-7+. The van der Waals surface area contributed by atoms with Gasteiger partial charge in [-0.25, -0.2) is 0 Å². The van der Waals surface area contributed by atoms with Gasteiger partial charge in [-0.1, -0.05) is 13.8 Å². The van der Waals surface area contributed by atoms with Crippen molar-refractivity contribution in [1.29, 1.82) is 0 Å². The molecule has 0 aromatic heterocycles. The lowest BCUT2D eigenvalue weighted by Crippen LogP contribution is -2.45. The van der Waals surface area contributed by atoms with E-state index < -0.39 is 27.4 Å². The Balaban J connectivity index is 2.98. The Morgan fingerprint density at radius 1 is 1.24 bits per heavy atom. The van der Waals surface area contributed by atoms with E-state index in [1.807, 2.05) is 39.6 Å². The van der Waals surface area contributed by atoms with Crippen molar-refractivity contribution < 1.29 is 23.3 Å². The van der Waals surface area contributed by atoms with Gasteiger partial charge in [-0.3, -0.25) is 14.5 Å². The maximum Gasteiger partial charge on any atom is 0.671 e. The predicted octanol–water partition coefficient (Wildman–Crippen LogP) is 1.44. The van der Waals surface area contributed by atoms with E-state index >= 15 is 0 Å². The summed E-state index contributed by atoms with van der Waals surface area (Å²) >= 11 is 0. The number of hydrogen-bond acceptors (Lipinski definition) is 6. The highest BCUT2D eigenvalue weighted by Crippen LogP contribution is 2.18. The number of nitrogens with zero attached hydrogens (tertiary/aromatic N) is 1. The summed E-state index contributed by atoms with van der Waals surface area (Å²) < 4.78 is 16.4. The molecule has 0 aromatic carbocycles. The molecule has 8 heteroatoms. The average Bonchev–Trinajstić information content (AvgIpc) is 2.21. The normalized spacial score (nSPS) is 19.0. The second-order valence-electron chi connectivity index (χ2n) is 6.51. The number of likely N-dealkylation sites (N-methyl/N-ethyl adjacent to an activating group) is 1. The average molecular weight is 313 g/mol. The van der Waals surface area contributed by atoms with Crippen molar-refractivity contribution in [2.24, 2.45) is 5.92 Å². The minimum absolute atomic E-state index is 0.0491. The fourth-order valence-electron chi connectivity index (χ4n) is 1.79. The van der Waals surface area contributed by atoms with E-state index in [4.69, 9.17) is 13.7 Å². The Labute approximate surface area is 127 Å². The third-order valence-corrected chi connectivity index (χ3v) is 3.28. The molecule has 0 radical (unpaired) electrons. The molecule has 0 aliphatic carbocycles. The quantitative estimate of drug-likeness (QED) is 0.578. The van der Waals surface area contributed by atoms with Crippen molar-refractivity contribution in [3.63, 3.8) is 0 Å². The van der Waals surface area contributed by atoms with Crippen molar-refractivity contribution in [3.8, 4) is 0 Å². The summed E-state index contributed by atoms with van der Waals surface area (Å²) in [6.07, 6.45) is 1.83. The van der Waals surface area contributed by atoms with Gasteiger partial charge in [-0.2, -0.15) is 0 Å². The zero-order valence-corrected chi connectivity index (χ0v) is 14.6. The van der Waals surface area contributed by atoms with Crippen LogP contribution in [0.5, 0.6) is 0 Å². The highest BCUT2D eigenvalue weighted by atomic mass is 28.4. The molecule has 118 valence electrons. The van der Waals surface area contributed by atoms with Gasteiger partial charge in [0.15, 0.2) is 0 Å². The van der Waals surface area contributed by atoms with Crippen LogP contribution in [0.3, 0.4) is 0 Å². The van der Waals surface area contributed by atoms with Crippen molar-refractivity contribution in [2.75, 3.05) is 20.1 Å². The van der Waals surface area contributed by atoms with Crippen LogP contribution in [-0.2, 0) is 23.3 Å². The van der Waals surface area contributed by atoms with E-state index in [2.05, 4.69) is 0 Å². The summed E-state index contributed by atoms with van der Waals surface area (Å²) in [5.41, 5.74) is 0.412. The van der Waals surface area contributed by atoms with Gasteiger partial charge >= 0.3 is 19.1 Å². The lowest BCUT2D eigenvalue weighted by atomic mass is 9.84. The van der Waals surface area contributed by atoms with Crippen LogP contribution in [0, 0.1) is 5.92 Å².